The molecule has 1 fully saturated rings. The molecule has 30 heavy (non-hydrogen) atoms. The van der Waals surface area contributed by atoms with E-state index in [1.165, 1.54) is 32.6 Å². The van der Waals surface area contributed by atoms with Crippen molar-refractivity contribution >= 4 is 41.5 Å². The van der Waals surface area contributed by atoms with Crippen LogP contribution in [0.15, 0.2) is 23.2 Å². The van der Waals surface area contributed by atoms with Crippen LogP contribution in [0.5, 0.6) is 5.75 Å². The summed E-state index contributed by atoms with van der Waals surface area (Å²) in [4.78, 5) is 15.8. The number of benzene rings is 1. The van der Waals surface area contributed by atoms with Crippen molar-refractivity contribution in [1.82, 2.24) is 10.6 Å². The third-order valence-corrected chi connectivity index (χ3v) is 5.53. The molecule has 1 amide bonds. The highest BCUT2D eigenvalue weighted by Gasteiger charge is 2.33. The lowest BCUT2D eigenvalue weighted by atomic mass is 9.83. The van der Waals surface area contributed by atoms with Gasteiger partial charge in [0.15, 0.2) is 5.96 Å². The lowest BCUT2D eigenvalue weighted by Gasteiger charge is -2.30. The molecule has 0 radical (unpaired) electrons. The van der Waals surface area contributed by atoms with Crippen LogP contribution in [0.3, 0.4) is 0 Å². The summed E-state index contributed by atoms with van der Waals surface area (Å²) < 4.78 is 10.9. The number of amides is 1. The largest absolute Gasteiger partial charge is 0.495 e. The average molecular weight is 532 g/mol. The van der Waals surface area contributed by atoms with Gasteiger partial charge < -0.3 is 25.4 Å². The molecule has 1 aliphatic carbocycles. The van der Waals surface area contributed by atoms with E-state index in [-0.39, 0.29) is 29.9 Å². The Bertz CT molecular complexity index is 691. The van der Waals surface area contributed by atoms with Gasteiger partial charge in [-0.1, -0.05) is 18.9 Å². The van der Waals surface area contributed by atoms with Crippen molar-refractivity contribution in [2.24, 2.45) is 10.4 Å². The smallest absolute Gasteiger partial charge is 0.221 e. The molecule has 170 valence electrons. The number of hydrogen-bond acceptors (Lipinski definition) is 4. The molecule has 0 atom stereocenters. The van der Waals surface area contributed by atoms with Gasteiger partial charge in [-0.05, 0) is 49.3 Å². The number of halogens is 1. The lowest BCUT2D eigenvalue weighted by Crippen LogP contribution is -2.43. The highest BCUT2D eigenvalue weighted by atomic mass is 127. The van der Waals surface area contributed by atoms with E-state index in [0.717, 1.165) is 37.7 Å². The highest BCUT2D eigenvalue weighted by molar-refractivity contribution is 14.0. The van der Waals surface area contributed by atoms with Gasteiger partial charge in [-0.2, -0.15) is 0 Å². The predicted octanol–water partition coefficient (Wildman–Crippen LogP) is 3.92. The third-order valence-electron chi connectivity index (χ3n) is 5.53. The van der Waals surface area contributed by atoms with Gasteiger partial charge in [0.1, 0.15) is 5.75 Å². The SMILES string of the molecule is CCOCCC1(CNC(=NC)NCc2ccc(OC)c(NC(C)=O)c2)CCCC1.I. The van der Waals surface area contributed by atoms with Crippen LogP contribution in [0.1, 0.15) is 51.5 Å². The number of nitrogens with zero attached hydrogens (tertiary/aromatic N) is 1. The Morgan fingerprint density at radius 1 is 1.23 bits per heavy atom. The van der Waals surface area contributed by atoms with Gasteiger partial charge in [0.05, 0.1) is 12.8 Å². The average Bonchev–Trinajstić information content (AvgIpc) is 3.17. The number of carbonyl (C=O) groups is 1. The minimum absolute atomic E-state index is 0. The van der Waals surface area contributed by atoms with Crippen LogP contribution < -0.4 is 20.7 Å². The molecule has 3 N–H and O–H groups in total. The second-order valence-corrected chi connectivity index (χ2v) is 7.65. The van der Waals surface area contributed by atoms with Crippen molar-refractivity contribution in [3.63, 3.8) is 0 Å². The summed E-state index contributed by atoms with van der Waals surface area (Å²) in [6.45, 7) is 6.63. The number of guanidine groups is 1. The van der Waals surface area contributed by atoms with Crippen LogP contribution in [0.2, 0.25) is 0 Å². The standard InChI is InChI=1S/C22H36N4O3.HI/c1-5-29-13-12-22(10-6-7-11-22)16-25-21(23-3)24-15-18-8-9-20(28-4)19(14-18)26-17(2)27;/h8-9,14H,5-7,10-13,15-16H2,1-4H3,(H,26,27)(H2,23,24,25);1H. The molecule has 7 nitrogen and oxygen atoms in total. The monoisotopic (exact) mass is 532 g/mol. The van der Waals surface area contributed by atoms with Crippen molar-refractivity contribution in [3.05, 3.63) is 23.8 Å². The number of nitrogens with one attached hydrogen (secondary N) is 3. The van der Waals surface area contributed by atoms with E-state index in [2.05, 4.69) is 20.9 Å². The van der Waals surface area contributed by atoms with Gasteiger partial charge in [-0.15, -0.1) is 24.0 Å². The van der Waals surface area contributed by atoms with Crippen molar-refractivity contribution in [1.29, 1.82) is 0 Å². The summed E-state index contributed by atoms with van der Waals surface area (Å²) >= 11 is 0. The molecule has 1 aliphatic rings. The Hall–Kier alpha value is -1.55. The van der Waals surface area contributed by atoms with Crippen molar-refractivity contribution in [2.75, 3.05) is 39.2 Å². The Morgan fingerprint density at radius 2 is 1.97 bits per heavy atom. The summed E-state index contributed by atoms with van der Waals surface area (Å²) in [7, 11) is 3.38. The Labute approximate surface area is 197 Å². The maximum absolute atomic E-state index is 11.4. The Balaban J connectivity index is 0.00000450. The quantitative estimate of drug-likeness (QED) is 0.184. The van der Waals surface area contributed by atoms with E-state index in [0.29, 0.717) is 23.4 Å². The fourth-order valence-corrected chi connectivity index (χ4v) is 3.90. The van der Waals surface area contributed by atoms with Crippen molar-refractivity contribution < 1.29 is 14.3 Å². The lowest BCUT2D eigenvalue weighted by molar-refractivity contribution is -0.114. The van der Waals surface area contributed by atoms with Crippen LogP contribution in [-0.2, 0) is 16.1 Å². The zero-order valence-corrected chi connectivity index (χ0v) is 21.0. The molecule has 0 saturated heterocycles. The number of aliphatic imine (C=N–C) groups is 1. The summed E-state index contributed by atoms with van der Waals surface area (Å²) in [5.74, 6) is 1.30. The van der Waals surface area contributed by atoms with E-state index >= 15 is 0 Å². The molecule has 1 aromatic rings. The summed E-state index contributed by atoms with van der Waals surface area (Å²) in [6, 6.07) is 5.76. The van der Waals surface area contributed by atoms with Crippen LogP contribution in [0.4, 0.5) is 5.69 Å². The van der Waals surface area contributed by atoms with Crippen LogP contribution in [0, 0.1) is 5.41 Å². The molecule has 0 unspecified atom stereocenters. The second-order valence-electron chi connectivity index (χ2n) is 7.65. The first-order valence-corrected chi connectivity index (χ1v) is 10.5. The number of hydrogen-bond donors (Lipinski definition) is 3. The molecular weight excluding hydrogens is 495 g/mol. The fraction of sp³-hybridized carbons (Fsp3) is 0.636. The van der Waals surface area contributed by atoms with E-state index in [9.17, 15) is 4.79 Å². The van der Waals surface area contributed by atoms with Gasteiger partial charge in [0.25, 0.3) is 0 Å². The zero-order chi connectivity index (χ0) is 21.1. The number of carbonyl (C=O) groups excluding carboxylic acids is 1. The molecule has 0 aromatic heterocycles. The van der Waals surface area contributed by atoms with Crippen LogP contribution in [-0.4, -0.2) is 45.8 Å². The van der Waals surface area contributed by atoms with E-state index in [4.69, 9.17) is 9.47 Å². The fourth-order valence-electron chi connectivity index (χ4n) is 3.90. The van der Waals surface area contributed by atoms with Gasteiger partial charge in [-0.3, -0.25) is 9.79 Å². The molecule has 0 bridgehead atoms. The van der Waals surface area contributed by atoms with Gasteiger partial charge >= 0.3 is 0 Å². The number of ether oxygens (including phenoxy) is 2. The molecule has 0 heterocycles. The first kappa shape index (κ1) is 26.5. The highest BCUT2D eigenvalue weighted by Crippen LogP contribution is 2.40. The molecule has 0 aliphatic heterocycles. The molecule has 8 heteroatoms. The van der Waals surface area contributed by atoms with Crippen molar-refractivity contribution in [2.45, 2.75) is 52.5 Å². The molecule has 0 spiro atoms. The number of anilines is 1. The maximum atomic E-state index is 11.4. The second kappa shape index (κ2) is 13.7. The molecule has 1 aromatic carbocycles. The van der Waals surface area contributed by atoms with Gasteiger partial charge in [0, 0.05) is 40.3 Å². The van der Waals surface area contributed by atoms with Gasteiger partial charge in [-0.25, -0.2) is 0 Å². The number of methoxy groups -OCH3 is 1. The first-order valence-electron chi connectivity index (χ1n) is 10.5. The predicted molar refractivity (Wildman–Crippen MR) is 133 cm³/mol. The minimum atomic E-state index is -0.125. The van der Waals surface area contributed by atoms with E-state index in [1.54, 1.807) is 14.2 Å². The third kappa shape index (κ3) is 8.29. The normalized spacial score (nSPS) is 15.3. The first-order chi connectivity index (χ1) is 14.0. The van der Waals surface area contributed by atoms with E-state index in [1.807, 2.05) is 25.1 Å². The maximum Gasteiger partial charge on any atom is 0.221 e. The molecule has 2 rings (SSSR count). The zero-order valence-electron chi connectivity index (χ0n) is 18.7. The van der Waals surface area contributed by atoms with E-state index < -0.39 is 0 Å². The minimum Gasteiger partial charge on any atom is -0.495 e. The molecular formula is C22H37IN4O3. The van der Waals surface area contributed by atoms with Gasteiger partial charge in [0.2, 0.25) is 5.91 Å². The van der Waals surface area contributed by atoms with Crippen LogP contribution >= 0.6 is 24.0 Å². The number of rotatable bonds is 10. The summed E-state index contributed by atoms with van der Waals surface area (Å²) in [5, 5.41) is 9.68. The molecule has 1 saturated carbocycles. The topological polar surface area (TPSA) is 84.0 Å². The Kier molecular flexibility index (Phi) is 12.1. The van der Waals surface area contributed by atoms with Crippen molar-refractivity contribution in [3.8, 4) is 5.75 Å². The summed E-state index contributed by atoms with van der Waals surface area (Å²) in [5.41, 5.74) is 2.00. The Morgan fingerprint density at radius 3 is 2.57 bits per heavy atom. The summed E-state index contributed by atoms with van der Waals surface area (Å²) in [6.07, 6.45) is 6.14. The van der Waals surface area contributed by atoms with Crippen LogP contribution in [0.25, 0.3) is 0 Å².